The number of hydrogen-bond acceptors (Lipinski definition) is 4. The van der Waals surface area contributed by atoms with Crippen molar-refractivity contribution in [2.24, 2.45) is 0 Å². The van der Waals surface area contributed by atoms with Gasteiger partial charge in [-0.25, -0.2) is 4.98 Å². The van der Waals surface area contributed by atoms with Crippen molar-refractivity contribution in [3.63, 3.8) is 0 Å². The highest BCUT2D eigenvalue weighted by molar-refractivity contribution is 7.11. The van der Waals surface area contributed by atoms with Crippen molar-refractivity contribution < 1.29 is 4.74 Å². The molecular formula is C16H26N2OS. The summed E-state index contributed by atoms with van der Waals surface area (Å²) in [5, 5.41) is 5.18. The third kappa shape index (κ3) is 2.53. The third-order valence-electron chi connectivity index (χ3n) is 4.77. The highest BCUT2D eigenvalue weighted by Gasteiger charge is 2.47. The normalized spacial score (nSPS) is 30.6. The van der Waals surface area contributed by atoms with E-state index >= 15 is 0 Å². The summed E-state index contributed by atoms with van der Waals surface area (Å²) in [6.07, 6.45) is 8.78. The molecule has 0 aliphatic heterocycles. The lowest BCUT2D eigenvalue weighted by Crippen LogP contribution is -2.55. The van der Waals surface area contributed by atoms with E-state index in [0.717, 1.165) is 19.3 Å². The fourth-order valence-corrected chi connectivity index (χ4v) is 4.70. The maximum atomic E-state index is 5.88. The molecule has 2 saturated carbocycles. The minimum atomic E-state index is -0.0307. The third-order valence-corrected chi connectivity index (χ3v) is 5.96. The molecule has 2 unspecified atom stereocenters. The van der Waals surface area contributed by atoms with E-state index < -0.39 is 0 Å². The minimum absolute atomic E-state index is 0.0307. The van der Waals surface area contributed by atoms with Gasteiger partial charge in [-0.2, -0.15) is 0 Å². The SMILES string of the molecule is CCc1nc(C2(NC3CC3)CCCCC2OC)sc1C. The van der Waals surface area contributed by atoms with Gasteiger partial charge in [-0.3, -0.25) is 0 Å². The van der Waals surface area contributed by atoms with Crippen LogP contribution in [0.5, 0.6) is 0 Å². The minimum Gasteiger partial charge on any atom is -0.379 e. The fourth-order valence-electron chi connectivity index (χ4n) is 3.47. The molecule has 1 heterocycles. The van der Waals surface area contributed by atoms with Gasteiger partial charge in [0.25, 0.3) is 0 Å². The molecule has 3 nitrogen and oxygen atoms in total. The van der Waals surface area contributed by atoms with Crippen LogP contribution in [0.1, 0.15) is 61.0 Å². The zero-order valence-corrected chi connectivity index (χ0v) is 13.7. The van der Waals surface area contributed by atoms with Gasteiger partial charge in [0.2, 0.25) is 0 Å². The summed E-state index contributed by atoms with van der Waals surface area (Å²) in [4.78, 5) is 6.35. The van der Waals surface area contributed by atoms with Crippen LogP contribution in [0.3, 0.4) is 0 Å². The Labute approximate surface area is 126 Å². The Morgan fingerprint density at radius 2 is 2.15 bits per heavy atom. The summed E-state index contributed by atoms with van der Waals surface area (Å²) >= 11 is 1.88. The number of rotatable bonds is 5. The average Bonchev–Trinajstić information content (AvgIpc) is 3.19. The van der Waals surface area contributed by atoms with Crippen LogP contribution in [0.4, 0.5) is 0 Å². The molecule has 0 saturated heterocycles. The van der Waals surface area contributed by atoms with Crippen molar-refractivity contribution in [1.29, 1.82) is 0 Å². The van der Waals surface area contributed by atoms with Crippen molar-refractivity contribution in [2.45, 2.75) is 76.5 Å². The first-order valence-corrected chi connectivity index (χ1v) is 8.78. The van der Waals surface area contributed by atoms with Crippen LogP contribution in [0, 0.1) is 6.92 Å². The number of methoxy groups -OCH3 is 1. The number of ether oxygens (including phenoxy) is 1. The van der Waals surface area contributed by atoms with Crippen LogP contribution >= 0.6 is 11.3 Å². The molecule has 2 aliphatic rings. The quantitative estimate of drug-likeness (QED) is 0.902. The average molecular weight is 294 g/mol. The second-order valence-electron chi connectivity index (χ2n) is 6.24. The van der Waals surface area contributed by atoms with Gasteiger partial charge in [0.05, 0.1) is 17.3 Å². The molecule has 1 aromatic heterocycles. The van der Waals surface area contributed by atoms with Crippen molar-refractivity contribution in [1.82, 2.24) is 10.3 Å². The summed E-state index contributed by atoms with van der Waals surface area (Å²) < 4.78 is 5.88. The van der Waals surface area contributed by atoms with Crippen molar-refractivity contribution in [2.75, 3.05) is 7.11 Å². The van der Waals surface area contributed by atoms with Gasteiger partial charge in [0.1, 0.15) is 5.01 Å². The van der Waals surface area contributed by atoms with Crippen LogP contribution in [-0.4, -0.2) is 24.2 Å². The van der Waals surface area contributed by atoms with E-state index in [1.807, 2.05) is 18.4 Å². The molecule has 20 heavy (non-hydrogen) atoms. The molecule has 0 spiro atoms. The second kappa shape index (κ2) is 5.74. The molecule has 1 aromatic rings. The Kier molecular flexibility index (Phi) is 4.16. The first-order valence-electron chi connectivity index (χ1n) is 7.97. The number of aryl methyl sites for hydroxylation is 2. The van der Waals surface area contributed by atoms with Gasteiger partial charge in [0, 0.05) is 18.0 Å². The predicted octanol–water partition coefficient (Wildman–Crippen LogP) is 3.55. The summed E-state index contributed by atoms with van der Waals surface area (Å²) in [5.74, 6) is 0. The maximum absolute atomic E-state index is 5.88. The standard InChI is InChI=1S/C16H26N2OS/c1-4-13-11(2)20-15(17-13)16(18-12-8-9-12)10-6-5-7-14(16)19-3/h12,14,18H,4-10H2,1-3H3. The Bertz CT molecular complexity index is 469. The maximum Gasteiger partial charge on any atom is 0.116 e. The lowest BCUT2D eigenvalue weighted by atomic mass is 9.79. The Morgan fingerprint density at radius 1 is 1.35 bits per heavy atom. The van der Waals surface area contributed by atoms with Gasteiger partial charge in [-0.05, 0) is 39.0 Å². The van der Waals surface area contributed by atoms with Crippen molar-refractivity contribution >= 4 is 11.3 Å². The molecular weight excluding hydrogens is 268 g/mol. The molecule has 0 aromatic carbocycles. The smallest absolute Gasteiger partial charge is 0.116 e. The van der Waals surface area contributed by atoms with Crippen LogP contribution in [0.2, 0.25) is 0 Å². The predicted molar refractivity (Wildman–Crippen MR) is 83.3 cm³/mol. The van der Waals surface area contributed by atoms with Crippen LogP contribution < -0.4 is 5.32 Å². The first kappa shape index (κ1) is 14.5. The summed E-state index contributed by atoms with van der Waals surface area (Å²) in [6.45, 7) is 4.40. The van der Waals surface area contributed by atoms with Crippen LogP contribution in [0.25, 0.3) is 0 Å². The topological polar surface area (TPSA) is 34.2 Å². The zero-order valence-electron chi connectivity index (χ0n) is 12.9. The van der Waals surface area contributed by atoms with Gasteiger partial charge in [0.15, 0.2) is 0 Å². The molecule has 2 aliphatic carbocycles. The van der Waals surface area contributed by atoms with Crippen molar-refractivity contribution in [3.05, 3.63) is 15.6 Å². The highest BCUT2D eigenvalue weighted by Crippen LogP contribution is 2.43. The summed E-state index contributed by atoms with van der Waals surface area (Å²) in [5.41, 5.74) is 1.24. The molecule has 3 rings (SSSR count). The van der Waals surface area contributed by atoms with Crippen molar-refractivity contribution in [3.8, 4) is 0 Å². The number of thiazole rings is 1. The highest BCUT2D eigenvalue weighted by atomic mass is 32.1. The number of nitrogens with one attached hydrogen (secondary N) is 1. The van der Waals surface area contributed by atoms with E-state index in [0.29, 0.717) is 6.04 Å². The fraction of sp³-hybridized carbons (Fsp3) is 0.812. The molecule has 112 valence electrons. The first-order chi connectivity index (χ1) is 9.69. The number of nitrogens with zero attached hydrogens (tertiary/aromatic N) is 1. The van der Waals surface area contributed by atoms with Gasteiger partial charge < -0.3 is 10.1 Å². The Hall–Kier alpha value is -0.450. The van der Waals surface area contributed by atoms with E-state index in [1.165, 1.54) is 41.3 Å². The zero-order chi connectivity index (χ0) is 14.2. The largest absolute Gasteiger partial charge is 0.379 e. The van der Waals surface area contributed by atoms with E-state index in [-0.39, 0.29) is 11.6 Å². The van der Waals surface area contributed by atoms with Crippen LogP contribution in [0.15, 0.2) is 0 Å². The van der Waals surface area contributed by atoms with E-state index in [2.05, 4.69) is 19.2 Å². The van der Waals surface area contributed by atoms with Gasteiger partial charge in [-0.15, -0.1) is 11.3 Å². The molecule has 4 heteroatoms. The second-order valence-corrected chi connectivity index (χ2v) is 7.44. The van der Waals surface area contributed by atoms with E-state index in [4.69, 9.17) is 9.72 Å². The summed E-state index contributed by atoms with van der Waals surface area (Å²) in [6, 6.07) is 0.681. The lowest BCUT2D eigenvalue weighted by Gasteiger charge is -2.43. The molecule has 0 bridgehead atoms. The number of hydrogen-bond donors (Lipinski definition) is 1. The lowest BCUT2D eigenvalue weighted by molar-refractivity contribution is -0.0166. The Morgan fingerprint density at radius 3 is 2.75 bits per heavy atom. The molecule has 1 N–H and O–H groups in total. The van der Waals surface area contributed by atoms with Gasteiger partial charge >= 0.3 is 0 Å². The molecule has 0 amide bonds. The van der Waals surface area contributed by atoms with E-state index in [1.54, 1.807) is 0 Å². The van der Waals surface area contributed by atoms with E-state index in [9.17, 15) is 0 Å². The molecule has 2 fully saturated rings. The summed E-state index contributed by atoms with van der Waals surface area (Å²) in [7, 11) is 1.86. The monoisotopic (exact) mass is 294 g/mol. The molecule has 0 radical (unpaired) electrons. The number of aromatic nitrogens is 1. The molecule has 2 atom stereocenters. The Balaban J connectivity index is 1.98. The van der Waals surface area contributed by atoms with Gasteiger partial charge in [-0.1, -0.05) is 19.8 Å². The van der Waals surface area contributed by atoms with Crippen LogP contribution in [-0.2, 0) is 16.7 Å².